The van der Waals surface area contributed by atoms with Gasteiger partial charge in [-0.05, 0) is 12.1 Å². The minimum Gasteiger partial charge on any atom is -0.543 e. The zero-order valence-electron chi connectivity index (χ0n) is 11.4. The topological polar surface area (TPSA) is 96.3 Å². The van der Waals surface area contributed by atoms with E-state index in [-0.39, 0.29) is 46.9 Å². The number of anilines is 1. The van der Waals surface area contributed by atoms with Crippen molar-refractivity contribution in [3.63, 3.8) is 0 Å². The summed E-state index contributed by atoms with van der Waals surface area (Å²) in [4.78, 5) is 18.7. The fraction of sp³-hybridized carbons (Fsp3) is 0. The SMILES string of the molecule is Nc1nc(-c2cccc(F)c2)c(Cl)n2cc(C(=O)[O-])nc12.[Li+]. The van der Waals surface area contributed by atoms with Crippen LogP contribution in [0, 0.1) is 5.82 Å². The molecule has 0 bridgehead atoms. The molecule has 2 heterocycles. The van der Waals surface area contributed by atoms with Crippen LogP contribution in [-0.4, -0.2) is 20.3 Å². The average Bonchev–Trinajstić information content (AvgIpc) is 2.89. The number of aromatic nitrogens is 3. The molecule has 0 spiro atoms. The Kier molecular flexibility index (Phi) is 4.42. The molecule has 6 nitrogen and oxygen atoms in total. The molecule has 106 valence electrons. The Balaban J connectivity index is 0.00000176. The van der Waals surface area contributed by atoms with Crippen molar-refractivity contribution in [2.45, 2.75) is 0 Å². The van der Waals surface area contributed by atoms with Gasteiger partial charge in [-0.3, -0.25) is 4.40 Å². The Morgan fingerprint density at radius 2 is 2.09 bits per heavy atom. The largest absolute Gasteiger partial charge is 1.00 e. The Morgan fingerprint density at radius 3 is 2.73 bits per heavy atom. The van der Waals surface area contributed by atoms with Crippen LogP contribution in [0.5, 0.6) is 0 Å². The molecule has 0 aliphatic rings. The van der Waals surface area contributed by atoms with E-state index in [9.17, 15) is 14.3 Å². The van der Waals surface area contributed by atoms with Crippen LogP contribution in [-0.2, 0) is 0 Å². The Bertz CT molecular complexity index is 884. The van der Waals surface area contributed by atoms with Crippen LogP contribution in [0.2, 0.25) is 5.15 Å². The fourth-order valence-electron chi connectivity index (χ4n) is 1.96. The third-order valence-corrected chi connectivity index (χ3v) is 3.24. The number of imidazole rings is 1. The molecule has 2 aromatic heterocycles. The van der Waals surface area contributed by atoms with E-state index < -0.39 is 11.8 Å². The number of carbonyl (C=O) groups excluding carboxylic acids is 1. The number of nitrogens with two attached hydrogens (primary N) is 1. The van der Waals surface area contributed by atoms with Gasteiger partial charge in [-0.2, -0.15) is 0 Å². The second-order valence-corrected chi connectivity index (χ2v) is 4.61. The number of hydrogen-bond acceptors (Lipinski definition) is 5. The molecule has 0 aliphatic heterocycles. The second-order valence-electron chi connectivity index (χ2n) is 4.25. The zero-order valence-corrected chi connectivity index (χ0v) is 12.1. The molecule has 9 heteroatoms. The fourth-order valence-corrected chi connectivity index (χ4v) is 2.24. The summed E-state index contributed by atoms with van der Waals surface area (Å²) in [5, 5.41) is 10.9. The number of nitrogen functional groups attached to an aromatic ring is 1. The summed E-state index contributed by atoms with van der Waals surface area (Å²) in [7, 11) is 0. The molecule has 3 rings (SSSR count). The molecule has 0 aliphatic carbocycles. The predicted molar refractivity (Wildman–Crippen MR) is 72.1 cm³/mol. The van der Waals surface area contributed by atoms with Gasteiger partial charge < -0.3 is 15.6 Å². The number of benzene rings is 1. The minimum atomic E-state index is -1.46. The first-order valence-corrected chi connectivity index (χ1v) is 6.16. The number of carboxylic acids is 1. The van der Waals surface area contributed by atoms with Gasteiger partial charge in [0.15, 0.2) is 11.5 Å². The van der Waals surface area contributed by atoms with E-state index >= 15 is 0 Å². The zero-order chi connectivity index (χ0) is 15.1. The first-order chi connectivity index (χ1) is 9.97. The maximum Gasteiger partial charge on any atom is 1.00 e. The minimum absolute atomic E-state index is 0. The first-order valence-electron chi connectivity index (χ1n) is 5.78. The normalized spacial score (nSPS) is 10.5. The molecule has 0 atom stereocenters. The van der Waals surface area contributed by atoms with E-state index in [1.54, 1.807) is 6.07 Å². The number of hydrogen-bond donors (Lipinski definition) is 1. The van der Waals surface area contributed by atoms with Crippen LogP contribution in [0.15, 0.2) is 30.5 Å². The molecule has 0 saturated heterocycles. The molecule has 0 saturated carbocycles. The molecular weight excluding hydrogens is 306 g/mol. The number of fused-ring (bicyclic) bond motifs is 1. The number of halogens is 2. The van der Waals surface area contributed by atoms with Gasteiger partial charge in [0.2, 0.25) is 0 Å². The maximum atomic E-state index is 13.3. The Hall–Kier alpha value is -2.07. The van der Waals surface area contributed by atoms with E-state index in [4.69, 9.17) is 17.3 Å². The molecular formula is C13H7ClFLiN4O2. The van der Waals surface area contributed by atoms with E-state index in [1.165, 1.54) is 28.8 Å². The quantitative estimate of drug-likeness (QED) is 0.560. The summed E-state index contributed by atoms with van der Waals surface area (Å²) < 4.78 is 14.6. The van der Waals surface area contributed by atoms with Gasteiger partial charge in [0.25, 0.3) is 0 Å². The van der Waals surface area contributed by atoms with Crippen LogP contribution >= 0.6 is 11.6 Å². The monoisotopic (exact) mass is 312 g/mol. The maximum absolute atomic E-state index is 13.3. The van der Waals surface area contributed by atoms with Gasteiger partial charge in [0.1, 0.15) is 22.4 Å². The molecule has 3 aromatic rings. The second kappa shape index (κ2) is 5.97. The van der Waals surface area contributed by atoms with Crippen molar-refractivity contribution in [2.75, 3.05) is 5.73 Å². The third-order valence-electron chi connectivity index (χ3n) is 2.88. The van der Waals surface area contributed by atoms with Crippen LogP contribution in [0.25, 0.3) is 16.9 Å². The predicted octanol–water partition coefficient (Wildman–Crippen LogP) is -1.86. The molecule has 1 aromatic carbocycles. The summed E-state index contributed by atoms with van der Waals surface area (Å²) in [5.41, 5.74) is 6.17. The summed E-state index contributed by atoms with van der Waals surface area (Å²) in [6, 6.07) is 5.64. The summed E-state index contributed by atoms with van der Waals surface area (Å²) >= 11 is 6.19. The summed E-state index contributed by atoms with van der Waals surface area (Å²) in [6.07, 6.45) is 1.17. The molecule has 0 fully saturated rings. The Morgan fingerprint density at radius 1 is 1.36 bits per heavy atom. The third kappa shape index (κ3) is 2.66. The van der Waals surface area contributed by atoms with E-state index in [1.807, 2.05) is 0 Å². The van der Waals surface area contributed by atoms with Gasteiger partial charge in [-0.25, -0.2) is 14.4 Å². The van der Waals surface area contributed by atoms with Crippen molar-refractivity contribution in [2.24, 2.45) is 0 Å². The van der Waals surface area contributed by atoms with Crippen LogP contribution in [0.1, 0.15) is 10.5 Å². The number of rotatable bonds is 2. The number of aromatic carboxylic acids is 1. The first kappa shape index (κ1) is 16.3. The van der Waals surface area contributed by atoms with Crippen molar-refractivity contribution in [1.29, 1.82) is 0 Å². The van der Waals surface area contributed by atoms with Gasteiger partial charge in [0, 0.05) is 11.8 Å². The van der Waals surface area contributed by atoms with E-state index in [0.29, 0.717) is 5.56 Å². The molecule has 22 heavy (non-hydrogen) atoms. The standard InChI is InChI=1S/C13H8ClFN4O2.Li/c14-10-9(6-2-1-3-7(15)4-6)18-11(16)12-17-8(13(20)21)5-19(10)12;/h1-5H,(H2,16,18)(H,20,21);/q;+1/p-1. The smallest absolute Gasteiger partial charge is 0.543 e. The van der Waals surface area contributed by atoms with Gasteiger partial charge in [-0.15, -0.1) is 0 Å². The summed E-state index contributed by atoms with van der Waals surface area (Å²) in [6.45, 7) is 0. The van der Waals surface area contributed by atoms with Crippen LogP contribution in [0.3, 0.4) is 0 Å². The van der Waals surface area contributed by atoms with Gasteiger partial charge in [0.05, 0.1) is 5.97 Å². The molecule has 2 N–H and O–H groups in total. The van der Waals surface area contributed by atoms with Gasteiger partial charge >= 0.3 is 18.9 Å². The van der Waals surface area contributed by atoms with Crippen LogP contribution < -0.4 is 29.7 Å². The number of carboxylic acid groups (broad SMARTS) is 1. The average molecular weight is 313 g/mol. The number of nitrogens with zero attached hydrogens (tertiary/aromatic N) is 3. The van der Waals surface area contributed by atoms with E-state index in [2.05, 4.69) is 9.97 Å². The molecule has 0 unspecified atom stereocenters. The van der Waals surface area contributed by atoms with Crippen molar-refractivity contribution < 1.29 is 33.2 Å². The van der Waals surface area contributed by atoms with E-state index in [0.717, 1.165) is 0 Å². The molecule has 0 amide bonds. The van der Waals surface area contributed by atoms with Crippen LogP contribution in [0.4, 0.5) is 10.2 Å². The van der Waals surface area contributed by atoms with Crippen molar-refractivity contribution in [1.82, 2.24) is 14.4 Å². The van der Waals surface area contributed by atoms with Crippen molar-refractivity contribution in [3.8, 4) is 11.3 Å². The molecule has 0 radical (unpaired) electrons. The van der Waals surface area contributed by atoms with Crippen molar-refractivity contribution >= 4 is 29.0 Å². The number of carbonyl (C=O) groups is 1. The Labute approximate surface area is 140 Å². The summed E-state index contributed by atoms with van der Waals surface area (Å²) in [5.74, 6) is -1.93. The van der Waals surface area contributed by atoms with Crippen molar-refractivity contribution in [3.05, 3.63) is 47.1 Å². The van der Waals surface area contributed by atoms with Gasteiger partial charge in [-0.1, -0.05) is 23.7 Å².